The highest BCUT2D eigenvalue weighted by Gasteiger charge is 2.38. The van der Waals surface area contributed by atoms with Gasteiger partial charge < -0.3 is 14.8 Å². The number of nitrogens with one attached hydrogen (secondary N) is 1. The van der Waals surface area contributed by atoms with Crippen LogP contribution in [-0.2, 0) is 22.3 Å². The van der Waals surface area contributed by atoms with Crippen molar-refractivity contribution in [1.29, 1.82) is 0 Å². The molecule has 6 nitrogen and oxygen atoms in total. The van der Waals surface area contributed by atoms with Crippen LogP contribution in [0.25, 0.3) is 11.0 Å². The van der Waals surface area contributed by atoms with Gasteiger partial charge in [-0.25, -0.2) is 4.98 Å². The number of amides is 2. The molecule has 0 bridgehead atoms. The number of halogens is 3. The van der Waals surface area contributed by atoms with Gasteiger partial charge in [0.1, 0.15) is 5.65 Å². The molecule has 34 heavy (non-hydrogen) atoms. The van der Waals surface area contributed by atoms with Crippen molar-refractivity contribution in [2.24, 2.45) is 5.92 Å². The van der Waals surface area contributed by atoms with Gasteiger partial charge in [0.2, 0.25) is 11.8 Å². The molecule has 9 heteroatoms. The Balaban J connectivity index is 1.19. The summed E-state index contributed by atoms with van der Waals surface area (Å²) < 4.78 is 39.0. The Hall–Kier alpha value is -3.36. The van der Waals surface area contributed by atoms with Crippen LogP contribution in [0.5, 0.6) is 0 Å². The molecule has 0 radical (unpaired) electrons. The number of hydrogen-bond donors (Lipinski definition) is 1. The second-order valence-electron chi connectivity index (χ2n) is 9.12. The van der Waals surface area contributed by atoms with E-state index in [2.05, 4.69) is 16.0 Å². The summed E-state index contributed by atoms with van der Waals surface area (Å²) in [6, 6.07) is 8.96. The quantitative estimate of drug-likeness (QED) is 0.617. The summed E-state index contributed by atoms with van der Waals surface area (Å²) in [4.78, 5) is 36.5. The molecule has 1 atom stereocenters. The molecule has 1 N–H and O–H groups in total. The highest BCUT2D eigenvalue weighted by Crippen LogP contribution is 2.34. The Morgan fingerprint density at radius 1 is 1.15 bits per heavy atom. The zero-order chi connectivity index (χ0) is 23.9. The third kappa shape index (κ3) is 4.38. The number of carbonyl (C=O) groups excluding carboxylic acids is 2. The summed E-state index contributed by atoms with van der Waals surface area (Å²) in [5.74, 6) is -0.354. The summed E-state index contributed by atoms with van der Waals surface area (Å²) in [5, 5.41) is 1.11. The molecule has 178 valence electrons. The van der Waals surface area contributed by atoms with Crippen molar-refractivity contribution >= 4 is 22.8 Å². The van der Waals surface area contributed by atoms with E-state index in [1.54, 1.807) is 12.3 Å². The van der Waals surface area contributed by atoms with Crippen LogP contribution >= 0.6 is 0 Å². The van der Waals surface area contributed by atoms with Gasteiger partial charge in [-0.1, -0.05) is 12.1 Å². The summed E-state index contributed by atoms with van der Waals surface area (Å²) >= 11 is 0. The number of pyridine rings is 1. The predicted molar refractivity (Wildman–Crippen MR) is 120 cm³/mol. The van der Waals surface area contributed by atoms with Crippen LogP contribution < -0.4 is 0 Å². The Labute approximate surface area is 194 Å². The van der Waals surface area contributed by atoms with Crippen LogP contribution in [0.1, 0.15) is 41.9 Å². The lowest BCUT2D eigenvalue weighted by Crippen LogP contribution is -2.42. The Bertz CT molecular complexity index is 1210. The van der Waals surface area contributed by atoms with Crippen LogP contribution in [-0.4, -0.2) is 51.2 Å². The third-order valence-electron chi connectivity index (χ3n) is 6.92. The lowest BCUT2D eigenvalue weighted by atomic mass is 9.89. The maximum atomic E-state index is 13.1. The number of carbonyl (C=O) groups is 2. The van der Waals surface area contributed by atoms with Crippen molar-refractivity contribution in [2.75, 3.05) is 19.6 Å². The van der Waals surface area contributed by atoms with Gasteiger partial charge in [-0.05, 0) is 54.2 Å². The molecule has 2 fully saturated rings. The van der Waals surface area contributed by atoms with Crippen molar-refractivity contribution < 1.29 is 22.8 Å². The van der Waals surface area contributed by atoms with Gasteiger partial charge in [0, 0.05) is 50.4 Å². The zero-order valence-electron chi connectivity index (χ0n) is 18.5. The molecule has 3 aromatic rings. The van der Waals surface area contributed by atoms with Gasteiger partial charge >= 0.3 is 6.18 Å². The molecule has 2 aliphatic heterocycles. The molecule has 2 aromatic heterocycles. The minimum Gasteiger partial charge on any atom is -0.346 e. The van der Waals surface area contributed by atoms with E-state index in [1.165, 1.54) is 16.5 Å². The molecule has 2 saturated heterocycles. The van der Waals surface area contributed by atoms with E-state index in [-0.39, 0.29) is 31.3 Å². The number of nitrogens with zero attached hydrogens (tertiary/aromatic N) is 3. The molecular formula is C25H25F3N4O2. The molecule has 5 rings (SSSR count). The smallest absolute Gasteiger partial charge is 0.346 e. The standard InChI is InChI=1S/C25H25F3N4O2/c26-25(27,28)19-4-1-3-16(11-19)14-32-15-18(12-22(32)33)24(34)31-9-6-17(7-10-31)21-13-30-23-20(21)5-2-8-29-23/h1-5,8,11,13,17-18H,6-7,9-10,12,14-15H2,(H,29,30). The van der Waals surface area contributed by atoms with E-state index >= 15 is 0 Å². The van der Waals surface area contributed by atoms with Crippen molar-refractivity contribution in [3.8, 4) is 0 Å². The molecule has 0 saturated carbocycles. The first-order valence-corrected chi connectivity index (χ1v) is 11.4. The van der Waals surface area contributed by atoms with E-state index in [0.717, 1.165) is 36.0 Å². The molecule has 0 spiro atoms. The second kappa shape index (κ2) is 8.77. The molecule has 2 aliphatic rings. The van der Waals surface area contributed by atoms with Crippen molar-refractivity contribution in [2.45, 2.75) is 37.9 Å². The van der Waals surface area contributed by atoms with E-state index in [1.807, 2.05) is 17.2 Å². The topological polar surface area (TPSA) is 69.3 Å². The third-order valence-corrected chi connectivity index (χ3v) is 6.92. The number of alkyl halides is 3. The monoisotopic (exact) mass is 470 g/mol. The summed E-state index contributed by atoms with van der Waals surface area (Å²) in [6.45, 7) is 1.55. The van der Waals surface area contributed by atoms with Crippen LogP contribution in [0.4, 0.5) is 13.2 Å². The molecular weight excluding hydrogens is 445 g/mol. The Morgan fingerprint density at radius 3 is 2.71 bits per heavy atom. The number of hydrogen-bond acceptors (Lipinski definition) is 3. The fourth-order valence-corrected chi connectivity index (χ4v) is 5.14. The highest BCUT2D eigenvalue weighted by atomic mass is 19.4. The number of rotatable bonds is 4. The zero-order valence-corrected chi connectivity index (χ0v) is 18.5. The number of fused-ring (bicyclic) bond motifs is 1. The van der Waals surface area contributed by atoms with Crippen molar-refractivity contribution in [3.63, 3.8) is 0 Å². The van der Waals surface area contributed by atoms with Gasteiger partial charge in [-0.15, -0.1) is 0 Å². The molecule has 1 aromatic carbocycles. The van der Waals surface area contributed by atoms with Gasteiger partial charge in [-0.3, -0.25) is 9.59 Å². The molecule has 1 unspecified atom stereocenters. The van der Waals surface area contributed by atoms with Gasteiger partial charge in [0.25, 0.3) is 0 Å². The fraction of sp³-hybridized carbons (Fsp3) is 0.400. The number of aromatic nitrogens is 2. The maximum absolute atomic E-state index is 13.1. The highest BCUT2D eigenvalue weighted by molar-refractivity contribution is 5.89. The van der Waals surface area contributed by atoms with Crippen LogP contribution in [0.15, 0.2) is 48.8 Å². The fourth-order valence-electron chi connectivity index (χ4n) is 5.14. The first kappa shape index (κ1) is 22.4. The van der Waals surface area contributed by atoms with E-state index in [9.17, 15) is 22.8 Å². The Morgan fingerprint density at radius 2 is 1.94 bits per heavy atom. The van der Waals surface area contributed by atoms with Crippen LogP contribution in [0.2, 0.25) is 0 Å². The van der Waals surface area contributed by atoms with Gasteiger partial charge in [-0.2, -0.15) is 13.2 Å². The Kier molecular flexibility index (Phi) is 5.79. The van der Waals surface area contributed by atoms with E-state index < -0.39 is 17.7 Å². The minimum absolute atomic E-state index is 0.0427. The number of H-pyrrole nitrogens is 1. The summed E-state index contributed by atoms with van der Waals surface area (Å²) in [6.07, 6.45) is 1.10. The number of aromatic amines is 1. The number of likely N-dealkylation sites (tertiary alicyclic amines) is 2. The van der Waals surface area contributed by atoms with Crippen LogP contribution in [0, 0.1) is 5.92 Å². The lowest BCUT2D eigenvalue weighted by Gasteiger charge is -2.33. The average Bonchev–Trinajstić information content (AvgIpc) is 3.42. The summed E-state index contributed by atoms with van der Waals surface area (Å²) in [7, 11) is 0. The largest absolute Gasteiger partial charge is 0.416 e. The normalized spacial score (nSPS) is 19.9. The first-order valence-electron chi connectivity index (χ1n) is 11.4. The number of benzene rings is 1. The molecule has 0 aliphatic carbocycles. The lowest BCUT2D eigenvalue weighted by molar-refractivity contribution is -0.138. The second-order valence-corrected chi connectivity index (χ2v) is 9.12. The van der Waals surface area contributed by atoms with E-state index in [4.69, 9.17) is 0 Å². The average molecular weight is 470 g/mol. The van der Waals surface area contributed by atoms with Crippen molar-refractivity contribution in [3.05, 3.63) is 65.5 Å². The molecule has 4 heterocycles. The first-order chi connectivity index (χ1) is 16.3. The molecule has 2 amide bonds. The van der Waals surface area contributed by atoms with Crippen LogP contribution in [0.3, 0.4) is 0 Å². The predicted octanol–water partition coefficient (Wildman–Crippen LogP) is 4.34. The maximum Gasteiger partial charge on any atom is 0.416 e. The van der Waals surface area contributed by atoms with Gasteiger partial charge in [0.15, 0.2) is 0 Å². The minimum atomic E-state index is -4.43. The van der Waals surface area contributed by atoms with Gasteiger partial charge in [0.05, 0.1) is 11.5 Å². The summed E-state index contributed by atoms with van der Waals surface area (Å²) in [5.41, 5.74) is 1.75. The van der Waals surface area contributed by atoms with E-state index in [0.29, 0.717) is 24.6 Å². The number of piperidine rings is 1. The van der Waals surface area contributed by atoms with Crippen molar-refractivity contribution in [1.82, 2.24) is 19.8 Å². The SMILES string of the molecule is O=C1CC(C(=O)N2CCC(c3c[nH]c4ncccc34)CC2)CN1Cc1cccc(C(F)(F)F)c1.